The zero-order valence-corrected chi connectivity index (χ0v) is 9.46. The van der Waals surface area contributed by atoms with Gasteiger partial charge in [-0.15, -0.1) is 0 Å². The molecule has 1 saturated heterocycles. The van der Waals surface area contributed by atoms with Crippen LogP contribution < -0.4 is 0 Å². The van der Waals surface area contributed by atoms with Crippen LogP contribution in [-0.2, 0) is 14.3 Å². The number of hydrogen-bond acceptors (Lipinski definition) is 3. The first-order chi connectivity index (χ1) is 7.18. The van der Waals surface area contributed by atoms with E-state index in [9.17, 15) is 4.79 Å². The molecule has 2 rings (SSSR count). The summed E-state index contributed by atoms with van der Waals surface area (Å²) in [5.74, 6) is -0.310. The van der Waals surface area contributed by atoms with Gasteiger partial charge in [0.25, 0.3) is 0 Å². The van der Waals surface area contributed by atoms with E-state index in [4.69, 9.17) is 9.47 Å². The summed E-state index contributed by atoms with van der Waals surface area (Å²) < 4.78 is 11.5. The minimum Gasteiger partial charge on any atom is -0.348 e. The third kappa shape index (κ3) is 2.40. The van der Waals surface area contributed by atoms with Crippen molar-refractivity contribution in [2.24, 2.45) is 5.41 Å². The second-order valence-corrected chi connectivity index (χ2v) is 5.15. The molecule has 3 nitrogen and oxygen atoms in total. The van der Waals surface area contributed by atoms with E-state index in [0.29, 0.717) is 6.42 Å². The first kappa shape index (κ1) is 11.1. The molecule has 1 aliphatic carbocycles. The van der Waals surface area contributed by atoms with Crippen molar-refractivity contribution in [3.63, 3.8) is 0 Å². The van der Waals surface area contributed by atoms with Gasteiger partial charge < -0.3 is 14.3 Å². The van der Waals surface area contributed by atoms with Crippen molar-refractivity contribution in [3.05, 3.63) is 0 Å². The van der Waals surface area contributed by atoms with Crippen LogP contribution in [0.2, 0.25) is 0 Å². The number of hydrogen-bond donors (Lipinski definition) is 0. The molecule has 15 heavy (non-hydrogen) atoms. The fourth-order valence-corrected chi connectivity index (χ4v) is 2.98. The lowest BCUT2D eigenvalue weighted by molar-refractivity contribution is -0.200. The maximum Gasteiger partial charge on any atom is 0.169 e. The normalized spacial score (nSPS) is 34.5. The number of rotatable bonds is 3. The highest BCUT2D eigenvalue weighted by atomic mass is 16.7. The second-order valence-electron chi connectivity index (χ2n) is 5.15. The minimum atomic E-state index is -0.310. The van der Waals surface area contributed by atoms with Crippen molar-refractivity contribution >= 4 is 6.29 Å². The fraction of sp³-hybridized carbons (Fsp3) is 0.917. The summed E-state index contributed by atoms with van der Waals surface area (Å²) in [6.07, 6.45) is 6.95. The molecule has 0 N–H and O–H groups in total. The highest BCUT2D eigenvalue weighted by Crippen LogP contribution is 2.47. The van der Waals surface area contributed by atoms with Gasteiger partial charge in [0, 0.05) is 19.3 Å². The van der Waals surface area contributed by atoms with Crippen LogP contribution in [-0.4, -0.2) is 25.3 Å². The van der Waals surface area contributed by atoms with Gasteiger partial charge in [0.1, 0.15) is 6.29 Å². The fourth-order valence-electron chi connectivity index (χ4n) is 2.98. The molecular weight excluding hydrogens is 192 g/mol. The maximum atomic E-state index is 10.4. The van der Waals surface area contributed by atoms with E-state index in [0.717, 1.165) is 45.2 Å². The van der Waals surface area contributed by atoms with Crippen molar-refractivity contribution in [1.82, 2.24) is 0 Å². The Morgan fingerprint density at radius 2 is 2.00 bits per heavy atom. The van der Waals surface area contributed by atoms with Crippen LogP contribution in [0.1, 0.15) is 45.4 Å². The lowest BCUT2D eigenvalue weighted by Gasteiger charge is -2.42. The average Bonchev–Trinajstić information content (AvgIpc) is 2.63. The van der Waals surface area contributed by atoms with Gasteiger partial charge in [-0.1, -0.05) is 6.92 Å². The third-order valence-electron chi connectivity index (χ3n) is 3.71. The van der Waals surface area contributed by atoms with Gasteiger partial charge in [-0.05, 0) is 24.7 Å². The molecule has 0 aromatic rings. The lowest BCUT2D eigenvalue weighted by Crippen LogP contribution is -2.41. The van der Waals surface area contributed by atoms with Crippen LogP contribution in [0.5, 0.6) is 0 Å². The predicted molar refractivity (Wildman–Crippen MR) is 56.5 cm³/mol. The molecule has 1 heterocycles. The van der Waals surface area contributed by atoms with Crippen LogP contribution >= 0.6 is 0 Å². The first-order valence-electron chi connectivity index (χ1n) is 5.90. The first-order valence-corrected chi connectivity index (χ1v) is 5.90. The molecule has 0 radical (unpaired) electrons. The highest BCUT2D eigenvalue weighted by molar-refractivity contribution is 5.49. The van der Waals surface area contributed by atoms with Crippen molar-refractivity contribution in [1.29, 1.82) is 0 Å². The Hall–Kier alpha value is -0.410. The van der Waals surface area contributed by atoms with E-state index in [1.165, 1.54) is 6.42 Å². The Kier molecular flexibility index (Phi) is 3.12. The summed E-state index contributed by atoms with van der Waals surface area (Å²) in [7, 11) is 0. The highest BCUT2D eigenvalue weighted by Gasteiger charge is 2.45. The molecule has 0 amide bonds. The Morgan fingerprint density at radius 1 is 1.27 bits per heavy atom. The van der Waals surface area contributed by atoms with Gasteiger partial charge in [-0.25, -0.2) is 0 Å². The summed E-state index contributed by atoms with van der Waals surface area (Å²) in [6.45, 7) is 3.70. The standard InChI is InChI=1S/C12H20O3/c1-11(5-3-7-13)4-2-6-12(10-11)14-8-9-15-12/h7H,2-6,8-10H2,1H3. The summed E-state index contributed by atoms with van der Waals surface area (Å²) in [5.41, 5.74) is 0.226. The van der Waals surface area contributed by atoms with Gasteiger partial charge in [0.05, 0.1) is 13.2 Å². The summed E-state index contributed by atoms with van der Waals surface area (Å²) >= 11 is 0. The Balaban J connectivity index is 1.98. The maximum absolute atomic E-state index is 10.4. The smallest absolute Gasteiger partial charge is 0.169 e. The van der Waals surface area contributed by atoms with Crippen molar-refractivity contribution in [2.45, 2.75) is 51.2 Å². The quantitative estimate of drug-likeness (QED) is 0.673. The van der Waals surface area contributed by atoms with E-state index in [2.05, 4.69) is 6.92 Å². The van der Waals surface area contributed by atoms with Gasteiger partial charge >= 0.3 is 0 Å². The number of carbonyl (C=O) groups is 1. The minimum absolute atomic E-state index is 0.226. The van der Waals surface area contributed by atoms with Crippen LogP contribution in [0.4, 0.5) is 0 Å². The zero-order valence-electron chi connectivity index (χ0n) is 9.46. The molecule has 1 aliphatic heterocycles. The molecule has 86 valence electrons. The molecule has 2 fully saturated rings. The van der Waals surface area contributed by atoms with Crippen molar-refractivity contribution < 1.29 is 14.3 Å². The topological polar surface area (TPSA) is 35.5 Å². The van der Waals surface area contributed by atoms with Crippen LogP contribution in [0.25, 0.3) is 0 Å². The van der Waals surface area contributed by atoms with Gasteiger partial charge in [-0.3, -0.25) is 0 Å². The largest absolute Gasteiger partial charge is 0.348 e. The Morgan fingerprint density at radius 3 is 2.67 bits per heavy atom. The monoisotopic (exact) mass is 212 g/mol. The van der Waals surface area contributed by atoms with Crippen molar-refractivity contribution in [2.75, 3.05) is 13.2 Å². The molecule has 2 aliphatic rings. The third-order valence-corrected chi connectivity index (χ3v) is 3.71. The van der Waals surface area contributed by atoms with E-state index in [1.807, 2.05) is 0 Å². The van der Waals surface area contributed by atoms with Crippen LogP contribution in [0, 0.1) is 5.41 Å². The Bertz CT molecular complexity index is 233. The van der Waals surface area contributed by atoms with Crippen LogP contribution in [0.3, 0.4) is 0 Å². The van der Waals surface area contributed by atoms with E-state index in [-0.39, 0.29) is 11.2 Å². The molecule has 1 atom stereocenters. The lowest BCUT2D eigenvalue weighted by atomic mass is 9.70. The molecule has 1 saturated carbocycles. The molecule has 0 bridgehead atoms. The van der Waals surface area contributed by atoms with E-state index in [1.54, 1.807) is 0 Å². The van der Waals surface area contributed by atoms with Crippen LogP contribution in [0.15, 0.2) is 0 Å². The SMILES string of the molecule is CC1(CCC=O)CCCC2(C1)OCCO2. The Labute approximate surface area is 91.1 Å². The van der Waals surface area contributed by atoms with Gasteiger partial charge in [0.15, 0.2) is 5.79 Å². The summed E-state index contributed by atoms with van der Waals surface area (Å²) in [6, 6.07) is 0. The van der Waals surface area contributed by atoms with Crippen molar-refractivity contribution in [3.8, 4) is 0 Å². The number of ether oxygens (including phenoxy) is 2. The molecule has 1 unspecified atom stereocenters. The average molecular weight is 212 g/mol. The second kappa shape index (κ2) is 4.22. The van der Waals surface area contributed by atoms with Gasteiger partial charge in [0.2, 0.25) is 0 Å². The van der Waals surface area contributed by atoms with Gasteiger partial charge in [-0.2, -0.15) is 0 Å². The summed E-state index contributed by atoms with van der Waals surface area (Å²) in [4.78, 5) is 10.4. The van der Waals surface area contributed by atoms with E-state index < -0.39 is 0 Å². The molecular formula is C12H20O3. The molecule has 1 spiro atoms. The molecule has 0 aromatic heterocycles. The molecule has 3 heteroatoms. The molecule has 0 aromatic carbocycles. The zero-order chi connectivity index (χ0) is 10.8. The number of aldehydes is 1. The summed E-state index contributed by atoms with van der Waals surface area (Å²) in [5, 5.41) is 0. The number of carbonyl (C=O) groups excluding carboxylic acids is 1. The predicted octanol–water partition coefficient (Wildman–Crippen LogP) is 2.29. The van der Waals surface area contributed by atoms with E-state index >= 15 is 0 Å².